The first-order valence-corrected chi connectivity index (χ1v) is 7.07. The highest BCUT2D eigenvalue weighted by atomic mass is 35.5. The molecule has 2 rings (SSSR count). The van der Waals surface area contributed by atoms with E-state index in [1.54, 1.807) is 0 Å². The lowest BCUT2D eigenvalue weighted by molar-refractivity contribution is 0.211. The second kappa shape index (κ2) is 3.95. The van der Waals surface area contributed by atoms with Gasteiger partial charge in [-0.2, -0.15) is 0 Å². The van der Waals surface area contributed by atoms with Crippen LogP contribution in [0.4, 0.5) is 0 Å². The Bertz CT molecular complexity index is 228. The largest absolute Gasteiger partial charge is 0.126 e. The van der Waals surface area contributed by atoms with E-state index in [0.717, 1.165) is 17.7 Å². The zero-order valence-corrected chi connectivity index (χ0v) is 11.2. The van der Waals surface area contributed by atoms with Crippen LogP contribution in [0, 0.1) is 22.7 Å². The molecule has 0 nitrogen and oxygen atoms in total. The molecule has 0 radical (unpaired) electrons. The molecule has 0 aromatic carbocycles. The van der Waals surface area contributed by atoms with E-state index in [1.165, 1.54) is 38.5 Å². The Kier molecular flexibility index (Phi) is 3.10. The fourth-order valence-corrected chi connectivity index (χ4v) is 4.00. The molecule has 1 heteroatoms. The van der Waals surface area contributed by atoms with Gasteiger partial charge in [0.2, 0.25) is 0 Å². The highest BCUT2D eigenvalue weighted by Crippen LogP contribution is 2.62. The van der Waals surface area contributed by atoms with Crippen molar-refractivity contribution in [2.45, 2.75) is 59.3 Å². The highest BCUT2D eigenvalue weighted by Gasteiger charge is 2.53. The summed E-state index contributed by atoms with van der Waals surface area (Å²) in [5.74, 6) is 2.70. The van der Waals surface area contributed by atoms with Gasteiger partial charge in [0.15, 0.2) is 0 Å². The fourth-order valence-electron chi connectivity index (χ4n) is 3.56. The third-order valence-corrected chi connectivity index (χ3v) is 5.36. The van der Waals surface area contributed by atoms with Gasteiger partial charge in [-0.05, 0) is 54.8 Å². The van der Waals surface area contributed by atoms with Crippen molar-refractivity contribution in [3.05, 3.63) is 0 Å². The van der Waals surface area contributed by atoms with Crippen molar-refractivity contribution in [3.8, 4) is 0 Å². The summed E-state index contributed by atoms with van der Waals surface area (Å²) in [7, 11) is 0. The Morgan fingerprint density at radius 2 is 1.93 bits per heavy atom. The van der Waals surface area contributed by atoms with Crippen LogP contribution in [0.25, 0.3) is 0 Å². The molecular weight excluding hydrogens is 204 g/mol. The summed E-state index contributed by atoms with van der Waals surface area (Å²) in [6.45, 7) is 7.21. The van der Waals surface area contributed by atoms with E-state index in [0.29, 0.717) is 10.8 Å². The molecule has 0 aromatic heterocycles. The van der Waals surface area contributed by atoms with Gasteiger partial charge in [0.1, 0.15) is 0 Å². The summed E-state index contributed by atoms with van der Waals surface area (Å²) >= 11 is 6.00. The van der Waals surface area contributed by atoms with Gasteiger partial charge in [0, 0.05) is 5.88 Å². The van der Waals surface area contributed by atoms with Crippen LogP contribution in [0.15, 0.2) is 0 Å². The van der Waals surface area contributed by atoms with E-state index < -0.39 is 0 Å². The topological polar surface area (TPSA) is 0 Å². The second-order valence-corrected chi connectivity index (χ2v) is 7.22. The standard InChI is InChI=1S/C14H25Cl/c1-13(2,3)11-5-4-7-14(8-6-11)9-12(14)10-15/h11-12H,4-10H2,1-3H3. The quantitative estimate of drug-likeness (QED) is 0.563. The average molecular weight is 229 g/mol. The molecule has 0 aromatic rings. The molecule has 0 bridgehead atoms. The van der Waals surface area contributed by atoms with Crippen molar-refractivity contribution < 1.29 is 0 Å². The minimum absolute atomic E-state index is 0.511. The third kappa shape index (κ3) is 2.35. The second-order valence-electron chi connectivity index (χ2n) is 6.91. The summed E-state index contributed by atoms with van der Waals surface area (Å²) < 4.78 is 0. The van der Waals surface area contributed by atoms with Crippen LogP contribution in [0.1, 0.15) is 59.3 Å². The summed E-state index contributed by atoms with van der Waals surface area (Å²) in [5.41, 5.74) is 1.21. The van der Waals surface area contributed by atoms with Crippen molar-refractivity contribution in [2.24, 2.45) is 22.7 Å². The molecule has 2 aliphatic carbocycles. The molecule has 0 heterocycles. The lowest BCUT2D eigenvalue weighted by Crippen LogP contribution is -2.19. The Hall–Kier alpha value is 0.290. The van der Waals surface area contributed by atoms with Gasteiger partial charge in [-0.3, -0.25) is 0 Å². The Labute approximate surface area is 99.8 Å². The number of rotatable bonds is 1. The maximum absolute atomic E-state index is 6.00. The van der Waals surface area contributed by atoms with Crippen LogP contribution in [-0.4, -0.2) is 5.88 Å². The van der Waals surface area contributed by atoms with Gasteiger partial charge in [-0.15, -0.1) is 11.6 Å². The van der Waals surface area contributed by atoms with E-state index in [2.05, 4.69) is 20.8 Å². The molecule has 2 saturated carbocycles. The predicted molar refractivity (Wildman–Crippen MR) is 67.3 cm³/mol. The first-order chi connectivity index (χ1) is 6.98. The van der Waals surface area contributed by atoms with Crippen LogP contribution < -0.4 is 0 Å². The minimum atomic E-state index is 0.511. The van der Waals surface area contributed by atoms with Crippen molar-refractivity contribution in [1.82, 2.24) is 0 Å². The van der Waals surface area contributed by atoms with Gasteiger partial charge in [-0.1, -0.05) is 27.2 Å². The average Bonchev–Trinajstić information content (AvgIpc) is 2.88. The highest BCUT2D eigenvalue weighted by molar-refractivity contribution is 6.18. The molecule has 2 aliphatic rings. The van der Waals surface area contributed by atoms with E-state index >= 15 is 0 Å². The summed E-state index contributed by atoms with van der Waals surface area (Å²) in [5, 5.41) is 0. The summed E-state index contributed by atoms with van der Waals surface area (Å²) in [4.78, 5) is 0. The number of halogens is 1. The molecule has 1 spiro atoms. The molecule has 0 saturated heterocycles. The normalized spacial score (nSPS) is 41.6. The van der Waals surface area contributed by atoms with E-state index in [1.807, 2.05) is 0 Å². The van der Waals surface area contributed by atoms with Crippen LogP contribution in [0.2, 0.25) is 0 Å². The van der Waals surface area contributed by atoms with Crippen LogP contribution >= 0.6 is 11.6 Å². The Morgan fingerprint density at radius 1 is 1.20 bits per heavy atom. The van der Waals surface area contributed by atoms with Crippen molar-refractivity contribution >= 4 is 11.6 Å². The van der Waals surface area contributed by atoms with Crippen LogP contribution in [-0.2, 0) is 0 Å². The van der Waals surface area contributed by atoms with Gasteiger partial charge in [0.25, 0.3) is 0 Å². The molecule has 0 amide bonds. The fraction of sp³-hybridized carbons (Fsp3) is 1.00. The first kappa shape index (κ1) is 11.8. The Balaban J connectivity index is 1.94. The lowest BCUT2D eigenvalue weighted by Gasteiger charge is -2.29. The maximum atomic E-state index is 6.00. The molecule has 0 aliphatic heterocycles. The smallest absolute Gasteiger partial charge is 0.0257 e. The van der Waals surface area contributed by atoms with E-state index in [-0.39, 0.29) is 0 Å². The van der Waals surface area contributed by atoms with E-state index in [9.17, 15) is 0 Å². The predicted octanol–water partition coefficient (Wildman–Crippen LogP) is 4.86. The molecule has 2 fully saturated rings. The number of alkyl halides is 1. The van der Waals surface area contributed by atoms with E-state index in [4.69, 9.17) is 11.6 Å². The summed E-state index contributed by atoms with van der Waals surface area (Å²) in [6.07, 6.45) is 8.66. The molecule has 3 unspecified atom stereocenters. The minimum Gasteiger partial charge on any atom is -0.126 e. The van der Waals surface area contributed by atoms with Gasteiger partial charge >= 0.3 is 0 Å². The van der Waals surface area contributed by atoms with Crippen molar-refractivity contribution in [1.29, 1.82) is 0 Å². The molecular formula is C14H25Cl. The zero-order valence-electron chi connectivity index (χ0n) is 10.5. The maximum Gasteiger partial charge on any atom is 0.0257 e. The molecule has 15 heavy (non-hydrogen) atoms. The number of hydrogen-bond acceptors (Lipinski definition) is 0. The lowest BCUT2D eigenvalue weighted by atomic mass is 9.76. The number of hydrogen-bond donors (Lipinski definition) is 0. The summed E-state index contributed by atoms with van der Waals surface area (Å²) in [6, 6.07) is 0. The van der Waals surface area contributed by atoms with Crippen molar-refractivity contribution in [2.75, 3.05) is 5.88 Å². The van der Waals surface area contributed by atoms with Gasteiger partial charge in [0.05, 0.1) is 0 Å². The van der Waals surface area contributed by atoms with Gasteiger partial charge in [-0.25, -0.2) is 0 Å². The van der Waals surface area contributed by atoms with Crippen molar-refractivity contribution in [3.63, 3.8) is 0 Å². The molecule has 3 atom stereocenters. The monoisotopic (exact) mass is 228 g/mol. The zero-order chi connectivity index (χ0) is 11.1. The Morgan fingerprint density at radius 3 is 2.47 bits per heavy atom. The molecule has 0 N–H and O–H groups in total. The molecule has 88 valence electrons. The van der Waals surface area contributed by atoms with Crippen LogP contribution in [0.3, 0.4) is 0 Å². The third-order valence-electron chi connectivity index (χ3n) is 4.99. The SMILES string of the molecule is CC(C)(C)C1CCCC2(CC1)CC2CCl. The van der Waals surface area contributed by atoms with Crippen LogP contribution in [0.5, 0.6) is 0 Å². The first-order valence-electron chi connectivity index (χ1n) is 6.54. The van der Waals surface area contributed by atoms with Gasteiger partial charge < -0.3 is 0 Å².